The van der Waals surface area contributed by atoms with Crippen LogP contribution in [0.1, 0.15) is 39.0 Å². The summed E-state index contributed by atoms with van der Waals surface area (Å²) in [5.74, 6) is -0.288. The summed E-state index contributed by atoms with van der Waals surface area (Å²) < 4.78 is 6.15. The number of rotatable bonds is 2. The zero-order chi connectivity index (χ0) is 25.2. The first-order valence-corrected chi connectivity index (χ1v) is 12.0. The van der Waals surface area contributed by atoms with E-state index in [2.05, 4.69) is 27.0 Å². The highest BCUT2D eigenvalue weighted by atomic mass is 16.5. The summed E-state index contributed by atoms with van der Waals surface area (Å²) in [5.41, 5.74) is 6.96. The van der Waals surface area contributed by atoms with E-state index in [0.717, 1.165) is 47.2 Å². The number of fused-ring (bicyclic) bond motifs is 4. The van der Waals surface area contributed by atoms with Crippen LogP contribution in [0.25, 0.3) is 17.1 Å². The predicted molar refractivity (Wildman–Crippen MR) is 135 cm³/mol. The minimum atomic E-state index is -0.607. The van der Waals surface area contributed by atoms with Crippen LogP contribution in [0.4, 0.5) is 0 Å². The Morgan fingerprint density at radius 2 is 1.67 bits per heavy atom. The molecule has 36 heavy (non-hydrogen) atoms. The van der Waals surface area contributed by atoms with Gasteiger partial charge in [0.2, 0.25) is 5.88 Å². The Morgan fingerprint density at radius 1 is 0.972 bits per heavy atom. The first kappa shape index (κ1) is 23.5. The van der Waals surface area contributed by atoms with Crippen molar-refractivity contribution >= 4 is 11.8 Å². The van der Waals surface area contributed by atoms with E-state index in [1.54, 1.807) is 12.3 Å². The maximum absolute atomic E-state index is 11.9. The SMILES string of the molecule is COC(=O)C1CCc2ccccc2C1=O.Cc1ccc(-n2nc3c(c2O)CCc2ccccc2-3)nc1. The molecule has 1 unspecified atom stereocenters. The van der Waals surface area contributed by atoms with E-state index in [1.165, 1.54) is 17.4 Å². The third kappa shape index (κ3) is 4.28. The topological polar surface area (TPSA) is 94.3 Å². The highest BCUT2D eigenvalue weighted by Gasteiger charge is 2.33. The van der Waals surface area contributed by atoms with Gasteiger partial charge >= 0.3 is 5.97 Å². The Bertz CT molecular complexity index is 1440. The molecule has 0 amide bonds. The van der Waals surface area contributed by atoms with Crippen molar-refractivity contribution in [3.05, 3.63) is 94.7 Å². The molecule has 6 rings (SSSR count). The van der Waals surface area contributed by atoms with Crippen LogP contribution in [0, 0.1) is 12.8 Å². The summed E-state index contributed by atoms with van der Waals surface area (Å²) in [6, 6.07) is 19.5. The molecule has 4 aromatic rings. The number of esters is 1. The molecule has 7 heteroatoms. The number of aromatic hydroxyl groups is 1. The van der Waals surface area contributed by atoms with E-state index >= 15 is 0 Å². The standard InChI is InChI=1S/C17H15N3O.C12H12O3/c1-11-6-9-15(18-10-11)20-17(21)14-8-7-12-4-2-3-5-13(12)16(14)19-20;1-15-12(14)10-7-6-8-4-2-3-5-9(8)11(10)13/h2-6,9-10,21H,7-8H2,1H3;2-5,10H,6-7H2,1H3. The number of aromatic nitrogens is 3. The second-order valence-corrected chi connectivity index (χ2v) is 9.05. The Hall–Kier alpha value is -4.26. The summed E-state index contributed by atoms with van der Waals surface area (Å²) in [6.07, 6.45) is 4.85. The summed E-state index contributed by atoms with van der Waals surface area (Å²) >= 11 is 0. The number of carbonyl (C=O) groups excluding carboxylic acids is 2. The van der Waals surface area contributed by atoms with E-state index in [4.69, 9.17) is 0 Å². The molecular formula is C29H27N3O4. The number of pyridine rings is 1. The van der Waals surface area contributed by atoms with Crippen molar-refractivity contribution in [1.29, 1.82) is 0 Å². The molecule has 2 aromatic heterocycles. The van der Waals surface area contributed by atoms with Crippen LogP contribution in [0.2, 0.25) is 0 Å². The number of ketones is 1. The molecule has 0 saturated carbocycles. The van der Waals surface area contributed by atoms with Crippen LogP contribution < -0.4 is 0 Å². The van der Waals surface area contributed by atoms with Crippen molar-refractivity contribution in [3.63, 3.8) is 0 Å². The van der Waals surface area contributed by atoms with Gasteiger partial charge in [0.15, 0.2) is 11.6 Å². The molecular weight excluding hydrogens is 454 g/mol. The molecule has 7 nitrogen and oxygen atoms in total. The molecule has 2 heterocycles. The second-order valence-electron chi connectivity index (χ2n) is 9.05. The lowest BCUT2D eigenvalue weighted by atomic mass is 9.83. The largest absolute Gasteiger partial charge is 0.493 e. The second kappa shape index (κ2) is 9.77. The van der Waals surface area contributed by atoms with Gasteiger partial charge in [0, 0.05) is 22.9 Å². The van der Waals surface area contributed by atoms with E-state index in [-0.39, 0.29) is 11.7 Å². The molecule has 0 fully saturated rings. The Labute approximate surface area is 209 Å². The van der Waals surface area contributed by atoms with Gasteiger partial charge in [-0.1, -0.05) is 54.6 Å². The van der Waals surface area contributed by atoms with E-state index in [9.17, 15) is 14.7 Å². The third-order valence-electron chi connectivity index (χ3n) is 6.77. The molecule has 182 valence electrons. The number of ether oxygens (including phenoxy) is 1. The lowest BCUT2D eigenvalue weighted by molar-refractivity contribution is -0.143. The first-order valence-electron chi connectivity index (χ1n) is 12.0. The molecule has 0 bridgehead atoms. The lowest BCUT2D eigenvalue weighted by Crippen LogP contribution is -2.30. The molecule has 0 saturated heterocycles. The Balaban J connectivity index is 0.000000157. The predicted octanol–water partition coefficient (Wildman–Crippen LogP) is 4.65. The van der Waals surface area contributed by atoms with Crippen LogP contribution in [-0.2, 0) is 28.8 Å². The summed E-state index contributed by atoms with van der Waals surface area (Å²) in [5, 5.41) is 15.1. The Kier molecular flexibility index (Phi) is 6.38. The molecule has 0 aliphatic heterocycles. The highest BCUT2D eigenvalue weighted by Crippen LogP contribution is 2.38. The fourth-order valence-electron chi connectivity index (χ4n) is 4.83. The van der Waals surface area contributed by atoms with Crippen molar-refractivity contribution in [2.24, 2.45) is 5.92 Å². The Morgan fingerprint density at radius 3 is 2.36 bits per heavy atom. The average Bonchev–Trinajstić information content (AvgIpc) is 3.26. The minimum absolute atomic E-state index is 0.108. The van der Waals surface area contributed by atoms with Gasteiger partial charge in [-0.2, -0.15) is 9.78 Å². The van der Waals surface area contributed by atoms with Crippen molar-refractivity contribution in [3.8, 4) is 23.0 Å². The lowest BCUT2D eigenvalue weighted by Gasteiger charge is -2.20. The zero-order valence-electron chi connectivity index (χ0n) is 20.3. The third-order valence-corrected chi connectivity index (χ3v) is 6.77. The number of benzene rings is 2. The molecule has 1 N–H and O–H groups in total. The number of hydrogen-bond acceptors (Lipinski definition) is 6. The van der Waals surface area contributed by atoms with Gasteiger partial charge in [-0.05, 0) is 55.4 Å². The van der Waals surface area contributed by atoms with Gasteiger partial charge in [0.05, 0.1) is 7.11 Å². The minimum Gasteiger partial charge on any atom is -0.493 e. The van der Waals surface area contributed by atoms with Crippen molar-refractivity contribution in [2.45, 2.75) is 32.6 Å². The summed E-state index contributed by atoms with van der Waals surface area (Å²) in [7, 11) is 1.32. The van der Waals surface area contributed by atoms with Gasteiger partial charge in [0.1, 0.15) is 11.6 Å². The fraction of sp³-hybridized carbons (Fsp3) is 0.241. The van der Waals surface area contributed by atoms with Crippen molar-refractivity contribution in [2.75, 3.05) is 7.11 Å². The van der Waals surface area contributed by atoms with Gasteiger partial charge in [0.25, 0.3) is 0 Å². The molecule has 2 aliphatic carbocycles. The molecule has 0 spiro atoms. The van der Waals surface area contributed by atoms with Crippen molar-refractivity contribution < 1.29 is 19.4 Å². The monoisotopic (exact) mass is 481 g/mol. The number of nitrogens with zero attached hydrogens (tertiary/aromatic N) is 3. The summed E-state index contributed by atoms with van der Waals surface area (Å²) in [4.78, 5) is 27.6. The van der Waals surface area contributed by atoms with E-state index < -0.39 is 11.9 Å². The first-order chi connectivity index (χ1) is 17.5. The number of aryl methyl sites for hydroxylation is 3. The molecule has 0 radical (unpaired) electrons. The number of hydrogen-bond donors (Lipinski definition) is 1. The molecule has 2 aromatic carbocycles. The molecule has 1 atom stereocenters. The number of methoxy groups -OCH3 is 1. The van der Waals surface area contributed by atoms with E-state index in [0.29, 0.717) is 17.8 Å². The van der Waals surface area contributed by atoms with Gasteiger partial charge in [-0.3, -0.25) is 9.59 Å². The van der Waals surface area contributed by atoms with Crippen LogP contribution >= 0.6 is 0 Å². The van der Waals surface area contributed by atoms with Crippen LogP contribution in [-0.4, -0.2) is 38.7 Å². The van der Waals surface area contributed by atoms with Crippen LogP contribution in [0.15, 0.2) is 66.9 Å². The zero-order valence-corrected chi connectivity index (χ0v) is 20.3. The normalized spacial score (nSPS) is 15.6. The average molecular weight is 482 g/mol. The van der Waals surface area contributed by atoms with Crippen molar-refractivity contribution in [1.82, 2.24) is 14.8 Å². The molecule has 2 aliphatic rings. The fourth-order valence-corrected chi connectivity index (χ4v) is 4.83. The van der Waals surface area contributed by atoms with Gasteiger partial charge in [-0.25, -0.2) is 4.98 Å². The van der Waals surface area contributed by atoms with Gasteiger partial charge in [-0.15, -0.1) is 0 Å². The van der Waals surface area contributed by atoms with E-state index in [1.807, 2.05) is 49.4 Å². The summed E-state index contributed by atoms with van der Waals surface area (Å²) in [6.45, 7) is 1.99. The highest BCUT2D eigenvalue weighted by molar-refractivity contribution is 6.10. The smallest absolute Gasteiger partial charge is 0.316 e. The van der Waals surface area contributed by atoms with Crippen LogP contribution in [0.5, 0.6) is 5.88 Å². The van der Waals surface area contributed by atoms with Crippen LogP contribution in [0.3, 0.4) is 0 Å². The van der Waals surface area contributed by atoms with Gasteiger partial charge < -0.3 is 9.84 Å². The number of carbonyl (C=O) groups is 2. The number of Topliss-reactive ketones (excluding diaryl/α,β-unsaturated/α-hetero) is 1. The maximum Gasteiger partial charge on any atom is 0.316 e. The quantitative estimate of drug-likeness (QED) is 0.331. The maximum atomic E-state index is 11.9.